The van der Waals surface area contributed by atoms with Crippen LogP contribution >= 0.6 is 11.3 Å². The Morgan fingerprint density at radius 3 is 2.71 bits per heavy atom. The highest BCUT2D eigenvalue weighted by atomic mass is 32.2. The molecule has 176 valence electrons. The van der Waals surface area contributed by atoms with Crippen LogP contribution < -0.4 is 10.1 Å². The van der Waals surface area contributed by atoms with Gasteiger partial charge < -0.3 is 14.8 Å². The molecular formula is C24H23N3O5S2. The quantitative estimate of drug-likeness (QED) is 0.512. The summed E-state index contributed by atoms with van der Waals surface area (Å²) in [5.41, 5.74) is 1.73. The first-order valence-corrected chi connectivity index (χ1v) is 12.9. The topological polar surface area (TPSA) is 109 Å². The molecule has 0 bridgehead atoms. The van der Waals surface area contributed by atoms with Gasteiger partial charge in [-0.1, -0.05) is 24.3 Å². The molecule has 2 heterocycles. The minimum Gasteiger partial charge on any atom is -0.489 e. The number of rotatable bonds is 8. The molecule has 0 aliphatic carbocycles. The zero-order chi connectivity index (χ0) is 24.0. The Morgan fingerprint density at radius 2 is 1.91 bits per heavy atom. The number of carbonyl (C=O) groups is 1. The average Bonchev–Trinajstić information content (AvgIpc) is 3.37. The van der Waals surface area contributed by atoms with E-state index in [4.69, 9.17) is 9.47 Å². The third kappa shape index (κ3) is 5.63. The fourth-order valence-electron chi connectivity index (χ4n) is 3.42. The number of sulfonamides is 1. The van der Waals surface area contributed by atoms with E-state index in [2.05, 4.69) is 11.4 Å². The van der Waals surface area contributed by atoms with Gasteiger partial charge in [0.15, 0.2) is 0 Å². The Labute approximate surface area is 202 Å². The van der Waals surface area contributed by atoms with Crippen LogP contribution in [0.1, 0.15) is 26.4 Å². The van der Waals surface area contributed by atoms with Crippen molar-refractivity contribution in [2.45, 2.75) is 17.4 Å². The second-order valence-corrected chi connectivity index (χ2v) is 10.8. The third-order valence-electron chi connectivity index (χ3n) is 5.25. The molecule has 2 aromatic carbocycles. The van der Waals surface area contributed by atoms with Crippen LogP contribution in [0.15, 0.2) is 64.9 Å². The monoisotopic (exact) mass is 497 g/mol. The number of nitrogens with zero attached hydrogens (tertiary/aromatic N) is 2. The predicted molar refractivity (Wildman–Crippen MR) is 127 cm³/mol. The second kappa shape index (κ2) is 10.8. The molecule has 1 fully saturated rings. The first kappa shape index (κ1) is 23.9. The maximum absolute atomic E-state index is 12.8. The van der Waals surface area contributed by atoms with Gasteiger partial charge in [-0.2, -0.15) is 9.57 Å². The van der Waals surface area contributed by atoms with Crippen molar-refractivity contribution < 1.29 is 22.7 Å². The zero-order valence-corrected chi connectivity index (χ0v) is 19.9. The number of nitrogens with one attached hydrogen (secondary N) is 1. The lowest BCUT2D eigenvalue weighted by atomic mass is 10.1. The van der Waals surface area contributed by atoms with E-state index in [1.54, 1.807) is 48.5 Å². The number of nitriles is 1. The van der Waals surface area contributed by atoms with Gasteiger partial charge in [0.25, 0.3) is 15.9 Å². The van der Waals surface area contributed by atoms with E-state index < -0.39 is 10.0 Å². The molecule has 1 amide bonds. The number of ether oxygens (including phenoxy) is 2. The van der Waals surface area contributed by atoms with Crippen molar-refractivity contribution in [1.29, 1.82) is 5.26 Å². The van der Waals surface area contributed by atoms with Gasteiger partial charge in [0.2, 0.25) is 0 Å². The molecule has 0 atom stereocenters. The van der Waals surface area contributed by atoms with E-state index >= 15 is 0 Å². The summed E-state index contributed by atoms with van der Waals surface area (Å²) in [5, 5.41) is 12.0. The summed E-state index contributed by atoms with van der Waals surface area (Å²) in [7, 11) is -3.55. The largest absolute Gasteiger partial charge is 0.489 e. The first-order chi connectivity index (χ1) is 16.5. The molecule has 34 heavy (non-hydrogen) atoms. The van der Waals surface area contributed by atoms with Gasteiger partial charge in [0, 0.05) is 29.1 Å². The first-order valence-electron chi connectivity index (χ1n) is 10.6. The third-order valence-corrected chi connectivity index (χ3v) is 8.70. The van der Waals surface area contributed by atoms with Crippen LogP contribution in [0, 0.1) is 11.3 Å². The summed E-state index contributed by atoms with van der Waals surface area (Å²) in [6.07, 6.45) is 0. The Balaban J connectivity index is 1.35. The van der Waals surface area contributed by atoms with Gasteiger partial charge in [-0.15, -0.1) is 11.3 Å². The van der Waals surface area contributed by atoms with E-state index in [0.29, 0.717) is 43.2 Å². The normalized spacial score (nSPS) is 14.3. The van der Waals surface area contributed by atoms with Gasteiger partial charge >= 0.3 is 0 Å². The van der Waals surface area contributed by atoms with Gasteiger partial charge in [-0.25, -0.2) is 8.42 Å². The highest BCUT2D eigenvalue weighted by Crippen LogP contribution is 2.25. The Morgan fingerprint density at radius 1 is 1.12 bits per heavy atom. The Hall–Kier alpha value is -3.23. The van der Waals surface area contributed by atoms with Gasteiger partial charge in [0.05, 0.1) is 31.4 Å². The Bertz CT molecular complexity index is 1310. The molecule has 0 unspecified atom stereocenters. The van der Waals surface area contributed by atoms with Crippen molar-refractivity contribution in [3.05, 3.63) is 82.2 Å². The molecule has 10 heteroatoms. The van der Waals surface area contributed by atoms with Crippen LogP contribution in [-0.2, 0) is 27.9 Å². The standard InChI is InChI=1S/C24H23N3O5S2/c25-15-19-4-1-2-5-20(19)17-32-21-7-3-6-18(14-21)24(28)26-16-22-8-9-23(33-22)34(29,30)27-10-12-31-13-11-27/h1-9,14H,10-13,16-17H2,(H,26,28). The lowest BCUT2D eigenvalue weighted by Crippen LogP contribution is -2.40. The number of hydrogen-bond acceptors (Lipinski definition) is 7. The molecule has 0 saturated carbocycles. The van der Waals surface area contributed by atoms with E-state index in [0.717, 1.165) is 21.8 Å². The minimum atomic E-state index is -3.55. The van der Waals surface area contributed by atoms with Crippen molar-refractivity contribution in [2.24, 2.45) is 0 Å². The maximum atomic E-state index is 12.8. The summed E-state index contributed by atoms with van der Waals surface area (Å²) >= 11 is 1.15. The summed E-state index contributed by atoms with van der Waals surface area (Å²) in [6, 6.07) is 19.4. The molecule has 0 radical (unpaired) electrons. The van der Waals surface area contributed by atoms with E-state index in [1.165, 1.54) is 4.31 Å². The molecule has 4 rings (SSSR count). The highest BCUT2D eigenvalue weighted by molar-refractivity contribution is 7.91. The lowest BCUT2D eigenvalue weighted by molar-refractivity contribution is 0.0731. The molecule has 3 aromatic rings. The van der Waals surface area contributed by atoms with Crippen LogP contribution in [0.3, 0.4) is 0 Å². The highest BCUT2D eigenvalue weighted by Gasteiger charge is 2.27. The molecule has 1 saturated heterocycles. The molecule has 0 spiro atoms. The summed E-state index contributed by atoms with van der Waals surface area (Å²) in [6.45, 7) is 1.88. The maximum Gasteiger partial charge on any atom is 0.252 e. The number of amides is 1. The van der Waals surface area contributed by atoms with Crippen LogP contribution in [0.4, 0.5) is 0 Å². The van der Waals surface area contributed by atoms with Gasteiger partial charge in [-0.05, 0) is 36.4 Å². The van der Waals surface area contributed by atoms with E-state index in [1.807, 2.05) is 12.1 Å². The number of carbonyl (C=O) groups excluding carboxylic acids is 1. The van der Waals surface area contributed by atoms with Crippen molar-refractivity contribution >= 4 is 27.3 Å². The molecular weight excluding hydrogens is 474 g/mol. The van der Waals surface area contributed by atoms with E-state index in [9.17, 15) is 18.5 Å². The number of thiophene rings is 1. The number of morpholine rings is 1. The van der Waals surface area contributed by atoms with Crippen LogP contribution in [-0.4, -0.2) is 44.9 Å². The summed E-state index contributed by atoms with van der Waals surface area (Å²) in [5.74, 6) is 0.212. The number of benzene rings is 2. The van der Waals surface area contributed by atoms with Crippen LogP contribution in [0.2, 0.25) is 0 Å². The molecule has 1 aliphatic heterocycles. The minimum absolute atomic E-state index is 0.211. The Kier molecular flexibility index (Phi) is 7.59. The second-order valence-electron chi connectivity index (χ2n) is 7.51. The zero-order valence-electron chi connectivity index (χ0n) is 18.3. The van der Waals surface area contributed by atoms with Crippen LogP contribution in [0.25, 0.3) is 0 Å². The summed E-state index contributed by atoms with van der Waals surface area (Å²) in [4.78, 5) is 13.4. The van der Waals surface area contributed by atoms with Crippen molar-refractivity contribution in [2.75, 3.05) is 26.3 Å². The number of hydrogen-bond donors (Lipinski definition) is 1. The molecule has 1 N–H and O–H groups in total. The van der Waals surface area contributed by atoms with E-state index in [-0.39, 0.29) is 23.3 Å². The van der Waals surface area contributed by atoms with Crippen LogP contribution in [0.5, 0.6) is 5.75 Å². The molecule has 1 aromatic heterocycles. The van der Waals surface area contributed by atoms with Crippen molar-refractivity contribution in [1.82, 2.24) is 9.62 Å². The predicted octanol–water partition coefficient (Wildman–Crippen LogP) is 3.15. The summed E-state index contributed by atoms with van der Waals surface area (Å²) < 4.78 is 38.2. The van der Waals surface area contributed by atoms with Crippen molar-refractivity contribution in [3.63, 3.8) is 0 Å². The van der Waals surface area contributed by atoms with Gasteiger partial charge in [0.1, 0.15) is 16.6 Å². The van der Waals surface area contributed by atoms with Crippen molar-refractivity contribution in [3.8, 4) is 11.8 Å². The molecule has 8 nitrogen and oxygen atoms in total. The smallest absolute Gasteiger partial charge is 0.252 e. The lowest BCUT2D eigenvalue weighted by Gasteiger charge is -2.25. The molecule has 1 aliphatic rings. The average molecular weight is 498 g/mol. The fourth-order valence-corrected chi connectivity index (χ4v) is 6.28. The SMILES string of the molecule is N#Cc1ccccc1COc1cccc(C(=O)NCc2ccc(S(=O)(=O)N3CCOCC3)s2)c1. The van der Waals surface area contributed by atoms with Gasteiger partial charge in [-0.3, -0.25) is 4.79 Å². The fraction of sp³-hybridized carbons (Fsp3) is 0.250.